The maximum absolute atomic E-state index is 11.1. The number of ketones is 1. The van der Waals surface area contributed by atoms with E-state index in [0.717, 1.165) is 6.08 Å². The molecule has 0 aromatic rings. The number of rotatable bonds is 4. The third-order valence-corrected chi connectivity index (χ3v) is 2.00. The van der Waals surface area contributed by atoms with Crippen LogP contribution >= 0.6 is 0 Å². The first-order valence-electron chi connectivity index (χ1n) is 6.19. The summed E-state index contributed by atoms with van der Waals surface area (Å²) in [5, 5.41) is 26.6. The molecule has 0 rings (SSSR count). The van der Waals surface area contributed by atoms with Crippen molar-refractivity contribution in [3.63, 3.8) is 0 Å². The van der Waals surface area contributed by atoms with Gasteiger partial charge in [0, 0.05) is 33.6 Å². The Balaban J connectivity index is -0.000000288. The minimum Gasteiger partial charge on any atom is -0.481 e. The van der Waals surface area contributed by atoms with Crippen molar-refractivity contribution in [1.82, 2.24) is 0 Å². The van der Waals surface area contributed by atoms with Gasteiger partial charge in [-0.2, -0.15) is 0 Å². The Hall–Kier alpha value is -0.356. The summed E-state index contributed by atoms with van der Waals surface area (Å²) in [5.41, 5.74) is -1.19. The summed E-state index contributed by atoms with van der Waals surface area (Å²) in [5.74, 6) is -0.498. The summed E-state index contributed by atoms with van der Waals surface area (Å²) in [6.45, 7) is 10.3. The molecule has 0 amide bonds. The van der Waals surface area contributed by atoms with Crippen LogP contribution in [0.4, 0.5) is 0 Å². The maximum atomic E-state index is 11.1. The van der Waals surface area contributed by atoms with E-state index in [0.29, 0.717) is 6.42 Å². The van der Waals surface area contributed by atoms with Crippen molar-refractivity contribution in [1.29, 1.82) is 0 Å². The molecule has 1 atom stereocenters. The second kappa shape index (κ2) is 10.4. The summed E-state index contributed by atoms with van der Waals surface area (Å²) >= 11 is 0. The summed E-state index contributed by atoms with van der Waals surface area (Å²) in [6.07, 6.45) is 1.11. The van der Waals surface area contributed by atoms with E-state index in [2.05, 4.69) is 4.74 Å². The molecule has 0 aliphatic carbocycles. The molecular weight excluding hydrogens is 296 g/mol. The van der Waals surface area contributed by atoms with E-state index in [-0.39, 0.29) is 33.4 Å². The first kappa shape index (κ1) is 24.6. The van der Waals surface area contributed by atoms with Crippen LogP contribution < -0.4 is 0 Å². The van der Waals surface area contributed by atoms with Gasteiger partial charge in [-0.15, -0.1) is 0 Å². The Morgan fingerprint density at radius 2 is 1.65 bits per heavy atom. The topological polar surface area (TPSA) is 87.0 Å². The van der Waals surface area contributed by atoms with Crippen molar-refractivity contribution in [2.75, 3.05) is 7.11 Å². The zero-order chi connectivity index (χ0) is 15.9. The third-order valence-electron chi connectivity index (χ3n) is 2.00. The Morgan fingerprint density at radius 3 is 1.80 bits per heavy atom. The monoisotopic (exact) mass is 324 g/mol. The molecule has 3 N–H and O–H groups in total. The van der Waals surface area contributed by atoms with Crippen LogP contribution in [0.25, 0.3) is 0 Å². The molecule has 6 heteroatoms. The summed E-state index contributed by atoms with van der Waals surface area (Å²) in [7, 11) is 1.31. The fourth-order valence-electron chi connectivity index (χ4n) is 1.11. The molecular formula is C14H28O5Ti. The molecule has 1 unspecified atom stereocenters. The van der Waals surface area contributed by atoms with Gasteiger partial charge in [-0.3, -0.25) is 4.79 Å². The maximum Gasteiger partial charge on any atom is 0.279 e. The number of allylic oxidation sites excluding steroid dienone is 1. The quantitative estimate of drug-likeness (QED) is 0.419. The number of hydrogen-bond acceptors (Lipinski definition) is 5. The van der Waals surface area contributed by atoms with E-state index in [9.17, 15) is 4.79 Å². The Morgan fingerprint density at radius 1 is 1.25 bits per heavy atom. The molecule has 5 nitrogen and oxygen atoms in total. The van der Waals surface area contributed by atoms with Crippen LogP contribution in [0, 0.1) is 5.41 Å². The molecule has 0 aromatic carbocycles. The zero-order valence-corrected chi connectivity index (χ0v) is 15.1. The van der Waals surface area contributed by atoms with Gasteiger partial charge in [0.2, 0.25) is 0 Å². The molecule has 0 saturated carbocycles. The summed E-state index contributed by atoms with van der Waals surface area (Å²) < 4.78 is 4.41. The molecule has 0 fully saturated rings. The molecule has 0 aliphatic heterocycles. The van der Waals surface area contributed by atoms with Gasteiger partial charge in [0.1, 0.15) is 0 Å². The largest absolute Gasteiger partial charge is 0.481 e. The predicted molar refractivity (Wildman–Crippen MR) is 74.8 cm³/mol. The first-order chi connectivity index (χ1) is 8.29. The first-order valence-corrected chi connectivity index (χ1v) is 6.19. The van der Waals surface area contributed by atoms with Crippen molar-refractivity contribution in [2.45, 2.75) is 59.7 Å². The molecule has 0 aliphatic rings. The fourth-order valence-corrected chi connectivity index (χ4v) is 1.11. The van der Waals surface area contributed by atoms with Crippen molar-refractivity contribution < 1.29 is 46.6 Å². The zero-order valence-electron chi connectivity index (χ0n) is 13.5. The number of ether oxygens (including phenoxy) is 1. The Kier molecular flexibility index (Phi) is 12.8. The third kappa shape index (κ3) is 17.6. The molecule has 20 heavy (non-hydrogen) atoms. The molecule has 0 spiro atoms. The van der Waals surface area contributed by atoms with E-state index in [4.69, 9.17) is 15.3 Å². The van der Waals surface area contributed by atoms with E-state index in [1.807, 2.05) is 0 Å². The number of carbonyl (C=O) groups excluding carboxylic acids is 1. The second-order valence-electron chi connectivity index (χ2n) is 6.17. The van der Waals surface area contributed by atoms with Crippen LogP contribution in [-0.4, -0.2) is 39.9 Å². The normalized spacial score (nSPS) is 13.6. The van der Waals surface area contributed by atoms with Crippen molar-refractivity contribution in [3.05, 3.63) is 12.0 Å². The average Bonchev–Trinajstić information content (AvgIpc) is 2.12. The fraction of sp³-hybridized carbons (Fsp3) is 0.786. The van der Waals surface area contributed by atoms with Crippen molar-refractivity contribution in [3.8, 4) is 0 Å². The van der Waals surface area contributed by atoms with E-state index in [1.165, 1.54) is 7.11 Å². The number of methoxy groups -OCH3 is 1. The van der Waals surface area contributed by atoms with Crippen LogP contribution in [0.15, 0.2) is 12.0 Å². The Bertz CT molecular complexity index is 298. The standard InChI is InChI=1S/C8H14O3.C6H14O2.Ti/c1-8(2,3)6(9)5-7(10)11-4;1-5(7)4-6(2,3)8;/h5,10H,1-4H3;5,7-8H,4H2,1-3H3;/b7-5-;;. The van der Waals surface area contributed by atoms with Gasteiger partial charge >= 0.3 is 0 Å². The minimum atomic E-state index is -0.728. The number of aliphatic hydroxyl groups is 3. The van der Waals surface area contributed by atoms with Gasteiger partial charge in [-0.1, -0.05) is 20.8 Å². The molecule has 0 aromatic heterocycles. The summed E-state index contributed by atoms with van der Waals surface area (Å²) in [4.78, 5) is 11.1. The minimum absolute atomic E-state index is 0. The van der Waals surface area contributed by atoms with E-state index < -0.39 is 17.1 Å². The summed E-state index contributed by atoms with van der Waals surface area (Å²) in [6, 6.07) is 0. The van der Waals surface area contributed by atoms with Crippen molar-refractivity contribution in [2.24, 2.45) is 5.41 Å². The molecule has 118 valence electrons. The van der Waals surface area contributed by atoms with Crippen LogP contribution in [0.3, 0.4) is 0 Å². The van der Waals surface area contributed by atoms with Crippen LogP contribution in [0.2, 0.25) is 0 Å². The van der Waals surface area contributed by atoms with E-state index in [1.54, 1.807) is 41.5 Å². The van der Waals surface area contributed by atoms with Crippen LogP contribution in [0.5, 0.6) is 0 Å². The smallest absolute Gasteiger partial charge is 0.279 e. The molecule has 0 saturated heterocycles. The van der Waals surface area contributed by atoms with E-state index >= 15 is 0 Å². The number of hydrogen-bond donors (Lipinski definition) is 3. The molecule has 0 bridgehead atoms. The van der Waals surface area contributed by atoms with Gasteiger partial charge < -0.3 is 20.1 Å². The number of carbonyl (C=O) groups is 1. The Labute approximate surface area is 136 Å². The number of aliphatic hydroxyl groups excluding tert-OH is 2. The van der Waals surface area contributed by atoms with Gasteiger partial charge in [-0.25, -0.2) is 0 Å². The van der Waals surface area contributed by atoms with Crippen LogP contribution in [0.1, 0.15) is 48.0 Å². The predicted octanol–water partition coefficient (Wildman–Crippen LogP) is 2.17. The SMILES string of the molecule is CC(O)CC(C)(C)O.CO/C(O)=C\C(=O)C(C)(C)C.[Ti]. The average molecular weight is 324 g/mol. The van der Waals surface area contributed by atoms with Crippen molar-refractivity contribution >= 4 is 5.78 Å². The van der Waals surface area contributed by atoms with Gasteiger partial charge in [0.05, 0.1) is 24.9 Å². The van der Waals surface area contributed by atoms with Gasteiger partial charge in [-0.05, 0) is 20.8 Å². The second-order valence-corrected chi connectivity index (χ2v) is 6.17. The molecule has 0 radical (unpaired) electrons. The van der Waals surface area contributed by atoms with Gasteiger partial charge in [0.25, 0.3) is 5.95 Å². The van der Waals surface area contributed by atoms with Crippen LogP contribution in [-0.2, 0) is 31.2 Å². The molecule has 0 heterocycles. The van der Waals surface area contributed by atoms with Gasteiger partial charge in [0.15, 0.2) is 5.78 Å².